The van der Waals surface area contributed by atoms with Crippen molar-refractivity contribution in [2.24, 2.45) is 7.05 Å². The van der Waals surface area contributed by atoms with Gasteiger partial charge >= 0.3 is 0 Å². The van der Waals surface area contributed by atoms with E-state index >= 15 is 0 Å². The van der Waals surface area contributed by atoms with Crippen molar-refractivity contribution in [1.29, 1.82) is 0 Å². The number of rotatable bonds is 5. The van der Waals surface area contributed by atoms with Gasteiger partial charge in [-0.25, -0.2) is 19.1 Å². The molecular formula is C44H36N6SSi+. The summed E-state index contributed by atoms with van der Waals surface area (Å²) in [6, 6.07) is 48.6. The second-order valence-electron chi connectivity index (χ2n) is 13.6. The molecule has 1 radical (unpaired) electrons. The Morgan fingerprint density at radius 2 is 1.38 bits per heavy atom. The fourth-order valence-electron chi connectivity index (χ4n) is 8.27. The highest BCUT2D eigenvalue weighted by Gasteiger charge is 2.39. The molecule has 3 aliphatic heterocycles. The van der Waals surface area contributed by atoms with Crippen LogP contribution in [0.4, 0.5) is 34.5 Å². The summed E-state index contributed by atoms with van der Waals surface area (Å²) in [5, 5.41) is 2.76. The van der Waals surface area contributed by atoms with Gasteiger partial charge in [-0.2, -0.15) is 0 Å². The van der Waals surface area contributed by atoms with Crippen LogP contribution in [0.15, 0.2) is 149 Å². The largest absolute Gasteiger partial charge is 0.340 e. The smallest absolute Gasteiger partial charge is 0.285 e. The predicted molar refractivity (Wildman–Crippen MR) is 215 cm³/mol. The molecule has 251 valence electrons. The zero-order valence-electron chi connectivity index (χ0n) is 29.2. The third-order valence-electron chi connectivity index (χ3n) is 10.6. The molecule has 52 heavy (non-hydrogen) atoms. The van der Waals surface area contributed by atoms with Crippen LogP contribution in [-0.2, 0) is 13.5 Å². The van der Waals surface area contributed by atoms with E-state index in [2.05, 4.69) is 186 Å². The van der Waals surface area contributed by atoms with E-state index in [1.807, 2.05) is 11.8 Å². The lowest BCUT2D eigenvalue weighted by molar-refractivity contribution is -0.403. The number of para-hydroxylation sites is 2. The lowest BCUT2D eigenvalue weighted by atomic mass is 10.1. The van der Waals surface area contributed by atoms with Crippen molar-refractivity contribution in [2.75, 3.05) is 23.9 Å². The van der Waals surface area contributed by atoms with Crippen LogP contribution < -0.4 is 20.2 Å². The number of benzene rings is 4. The number of pyridine rings is 2. The molecule has 0 aliphatic carbocycles. The molecule has 1 atom stereocenters. The first-order valence-corrected chi connectivity index (χ1v) is 20.1. The fourth-order valence-corrected chi connectivity index (χ4v) is 12.7. The van der Waals surface area contributed by atoms with Gasteiger partial charge < -0.3 is 4.90 Å². The summed E-state index contributed by atoms with van der Waals surface area (Å²) in [5.41, 5.74) is 9.28. The minimum absolute atomic E-state index is 0.101. The first-order chi connectivity index (χ1) is 25.5. The average Bonchev–Trinajstić information content (AvgIpc) is 3.75. The molecule has 0 spiro atoms. The Balaban J connectivity index is 1.18. The topological polar surface area (TPSA) is 40.2 Å². The van der Waals surface area contributed by atoms with Crippen molar-refractivity contribution < 1.29 is 4.58 Å². The quantitative estimate of drug-likeness (QED) is 0.133. The molecule has 7 aromatic rings. The minimum atomic E-state index is -1.38. The van der Waals surface area contributed by atoms with Crippen LogP contribution in [0.1, 0.15) is 22.4 Å². The molecule has 10 rings (SSSR count). The molecule has 0 N–H and O–H groups in total. The summed E-state index contributed by atoms with van der Waals surface area (Å²) >= 11 is 1.84. The SMILES string of the molecule is CN1c2ccccc2N(c2ccc3c(n2)C([Si](c2ccccc2)c2ccccc2)c2ccccc2S3)c2nc(-c3cn(C)c4c3CC=[N+]4C)ccc21. The maximum absolute atomic E-state index is 5.74. The molecule has 0 amide bonds. The Morgan fingerprint density at radius 1 is 0.692 bits per heavy atom. The van der Waals surface area contributed by atoms with Crippen LogP contribution in [0.2, 0.25) is 0 Å². The summed E-state index contributed by atoms with van der Waals surface area (Å²) in [4.78, 5) is 18.3. The number of fused-ring (bicyclic) bond motifs is 5. The number of aromatic nitrogens is 3. The van der Waals surface area contributed by atoms with Crippen molar-refractivity contribution in [3.63, 3.8) is 0 Å². The van der Waals surface area contributed by atoms with Gasteiger partial charge in [0.05, 0.1) is 59.9 Å². The van der Waals surface area contributed by atoms with Crippen LogP contribution in [-0.4, -0.2) is 48.2 Å². The number of aryl methyl sites for hydroxylation is 1. The summed E-state index contributed by atoms with van der Waals surface area (Å²) in [6.07, 6.45) is 5.36. The highest BCUT2D eigenvalue weighted by Crippen LogP contribution is 2.52. The van der Waals surface area contributed by atoms with E-state index in [9.17, 15) is 0 Å². The second kappa shape index (κ2) is 12.2. The van der Waals surface area contributed by atoms with Crippen molar-refractivity contribution >= 4 is 71.7 Å². The van der Waals surface area contributed by atoms with Crippen molar-refractivity contribution in [3.8, 4) is 11.3 Å². The Kier molecular flexibility index (Phi) is 7.30. The predicted octanol–water partition coefficient (Wildman–Crippen LogP) is 8.38. The van der Waals surface area contributed by atoms with Gasteiger partial charge in [0.15, 0.2) is 5.82 Å². The number of nitrogens with zero attached hydrogens (tertiary/aromatic N) is 6. The van der Waals surface area contributed by atoms with Gasteiger partial charge in [0.2, 0.25) is 0 Å². The summed E-state index contributed by atoms with van der Waals surface area (Å²) in [6.45, 7) is 0. The lowest BCUT2D eigenvalue weighted by Gasteiger charge is -2.38. The molecule has 4 aromatic carbocycles. The maximum Gasteiger partial charge on any atom is 0.285 e. The van der Waals surface area contributed by atoms with E-state index in [1.165, 1.54) is 42.7 Å². The lowest BCUT2D eigenvalue weighted by Crippen LogP contribution is -2.48. The van der Waals surface area contributed by atoms with E-state index in [0.717, 1.165) is 46.5 Å². The monoisotopic (exact) mass is 708 g/mol. The number of hydrogen-bond donors (Lipinski definition) is 0. The molecule has 6 heterocycles. The normalized spacial score (nSPS) is 15.5. The zero-order valence-corrected chi connectivity index (χ0v) is 31.0. The standard InChI is InChI=1S/C44H36N6SSi/c1-47-27-26-31-33(28-48(2)44(31)47)34-22-23-37-43(45-34)50(36-20-12-11-19-35(36)49(37)3)40-25-24-39-41(46-40)42(32-18-10-13-21-38(32)51-39)52(29-14-6-4-7-15-29)30-16-8-5-9-17-30/h4-25,27-28,42H,26H2,1-3H3/q+1. The molecular weight excluding hydrogens is 673 g/mol. The first-order valence-electron chi connectivity index (χ1n) is 17.7. The Labute approximate surface area is 310 Å². The molecule has 8 heteroatoms. The van der Waals surface area contributed by atoms with Gasteiger partial charge in [-0.3, -0.25) is 4.90 Å². The number of anilines is 5. The van der Waals surface area contributed by atoms with Crippen molar-refractivity contribution in [3.05, 3.63) is 156 Å². The zero-order chi connectivity index (χ0) is 34.9. The summed E-state index contributed by atoms with van der Waals surface area (Å²) < 4.78 is 4.44. The molecule has 1 unspecified atom stereocenters. The van der Waals surface area contributed by atoms with E-state index in [-0.39, 0.29) is 5.54 Å². The highest BCUT2D eigenvalue weighted by molar-refractivity contribution is 7.99. The number of hydrogen-bond acceptors (Lipinski definition) is 5. The van der Waals surface area contributed by atoms with Crippen LogP contribution >= 0.6 is 11.8 Å². The van der Waals surface area contributed by atoms with Crippen molar-refractivity contribution in [2.45, 2.75) is 21.8 Å². The summed E-state index contributed by atoms with van der Waals surface area (Å²) in [5.74, 6) is 2.99. The first kappa shape index (κ1) is 31.1. The van der Waals surface area contributed by atoms with Crippen LogP contribution in [0.5, 0.6) is 0 Å². The fraction of sp³-hybridized carbons (Fsp3) is 0.114. The second-order valence-corrected chi connectivity index (χ2v) is 17.3. The van der Waals surface area contributed by atoms with E-state index < -0.39 is 8.80 Å². The Morgan fingerprint density at radius 3 is 2.15 bits per heavy atom. The van der Waals surface area contributed by atoms with Crippen LogP contribution in [0.3, 0.4) is 0 Å². The van der Waals surface area contributed by atoms with Crippen molar-refractivity contribution in [1.82, 2.24) is 14.5 Å². The van der Waals surface area contributed by atoms with Gasteiger partial charge in [-0.05, 0) is 48.0 Å². The van der Waals surface area contributed by atoms with Gasteiger partial charge in [-0.15, -0.1) is 0 Å². The minimum Gasteiger partial charge on any atom is -0.340 e. The third-order valence-corrected chi connectivity index (χ3v) is 14.9. The Bertz CT molecular complexity index is 2510. The van der Waals surface area contributed by atoms with Gasteiger partial charge in [0.25, 0.3) is 5.82 Å². The average molecular weight is 709 g/mol. The van der Waals surface area contributed by atoms with Crippen LogP contribution in [0, 0.1) is 0 Å². The molecule has 0 saturated heterocycles. The van der Waals surface area contributed by atoms with Gasteiger partial charge in [-0.1, -0.05) is 113 Å². The Hall–Kier alpha value is -5.70. The molecule has 0 saturated carbocycles. The molecule has 0 fully saturated rings. The van der Waals surface area contributed by atoms with E-state index in [0.29, 0.717) is 0 Å². The molecule has 3 aliphatic rings. The molecule has 0 bridgehead atoms. The highest BCUT2D eigenvalue weighted by atomic mass is 32.2. The maximum atomic E-state index is 5.74. The van der Waals surface area contributed by atoms with Gasteiger partial charge in [0, 0.05) is 28.8 Å². The van der Waals surface area contributed by atoms with E-state index in [1.54, 1.807) is 0 Å². The third kappa shape index (κ3) is 4.82. The molecule has 6 nitrogen and oxygen atoms in total. The molecule has 3 aromatic heterocycles. The summed E-state index contributed by atoms with van der Waals surface area (Å²) in [7, 11) is 5.01. The van der Waals surface area contributed by atoms with Gasteiger partial charge in [0.1, 0.15) is 20.8 Å². The van der Waals surface area contributed by atoms with Crippen LogP contribution in [0.25, 0.3) is 11.3 Å². The van der Waals surface area contributed by atoms with E-state index in [4.69, 9.17) is 9.97 Å².